The van der Waals surface area contributed by atoms with Crippen LogP contribution in [0.2, 0.25) is 5.02 Å². The van der Waals surface area contributed by atoms with Gasteiger partial charge >= 0.3 is 0 Å². The van der Waals surface area contributed by atoms with Gasteiger partial charge in [-0.05, 0) is 72.4 Å². The van der Waals surface area contributed by atoms with Crippen LogP contribution in [0.3, 0.4) is 0 Å². The van der Waals surface area contributed by atoms with E-state index in [-0.39, 0.29) is 0 Å². The normalized spacial score (nSPS) is 14.0. The third-order valence-corrected chi connectivity index (χ3v) is 4.97. The summed E-state index contributed by atoms with van der Waals surface area (Å²) >= 11 is 11.5. The zero-order chi connectivity index (χ0) is 16.9. The minimum Gasteiger partial charge on any atom is -0.508 e. The van der Waals surface area contributed by atoms with E-state index in [0.717, 1.165) is 49.0 Å². The van der Waals surface area contributed by atoms with Gasteiger partial charge in [0.05, 0.1) is 0 Å². The number of benzene rings is 2. The second-order valence-corrected chi connectivity index (χ2v) is 6.91. The van der Waals surface area contributed by atoms with Crippen molar-refractivity contribution in [2.75, 3.05) is 13.1 Å². The first kappa shape index (κ1) is 17.1. The van der Waals surface area contributed by atoms with E-state index in [0.29, 0.717) is 5.75 Å². The average molecular weight is 361 g/mol. The summed E-state index contributed by atoms with van der Waals surface area (Å²) in [6.07, 6.45) is 2.93. The third kappa shape index (κ3) is 4.40. The summed E-state index contributed by atoms with van der Waals surface area (Å²) in [7, 11) is 0. The first-order valence-corrected chi connectivity index (χ1v) is 8.98. The Morgan fingerprint density at radius 2 is 1.96 bits per heavy atom. The minimum atomic E-state index is 0.339. The highest BCUT2D eigenvalue weighted by Crippen LogP contribution is 2.23. The highest BCUT2D eigenvalue weighted by atomic mass is 35.5. The van der Waals surface area contributed by atoms with Crippen LogP contribution in [-0.4, -0.2) is 28.2 Å². The molecule has 1 aliphatic rings. The summed E-state index contributed by atoms with van der Waals surface area (Å²) in [5.41, 5.74) is 3.71. The molecule has 5 heteroatoms. The number of rotatable bonds is 3. The van der Waals surface area contributed by atoms with Crippen LogP contribution in [0.25, 0.3) is 0 Å². The van der Waals surface area contributed by atoms with Gasteiger partial charge in [-0.3, -0.25) is 0 Å². The van der Waals surface area contributed by atoms with E-state index in [1.165, 1.54) is 16.7 Å². The standard InChI is InChI=1S/C19H21ClN2OS/c20-17-6-3-14(4-7-17)9-10-21-19(24)22-11-1-2-15-12-18(23)8-5-16(15)13-22/h3-8,12,23H,1-2,9-11,13H2,(H,21,24). The molecule has 3 nitrogen and oxygen atoms in total. The Bertz CT molecular complexity index is 718. The Morgan fingerprint density at radius 3 is 2.75 bits per heavy atom. The maximum atomic E-state index is 9.64. The second-order valence-electron chi connectivity index (χ2n) is 6.09. The zero-order valence-corrected chi connectivity index (χ0v) is 15.0. The Balaban J connectivity index is 1.55. The lowest BCUT2D eigenvalue weighted by atomic mass is 10.0. The van der Waals surface area contributed by atoms with Gasteiger partial charge < -0.3 is 15.3 Å². The number of phenolic OH excluding ortho intramolecular Hbond substituents is 1. The SMILES string of the molecule is Oc1ccc2c(c1)CCCN(C(=S)NCCc1ccc(Cl)cc1)C2. The molecule has 0 aliphatic carbocycles. The number of fused-ring (bicyclic) bond motifs is 1. The molecular weight excluding hydrogens is 340 g/mol. The van der Waals surface area contributed by atoms with Crippen LogP contribution in [0.5, 0.6) is 5.75 Å². The number of aryl methyl sites for hydroxylation is 1. The number of phenols is 1. The summed E-state index contributed by atoms with van der Waals surface area (Å²) in [4.78, 5) is 2.21. The highest BCUT2D eigenvalue weighted by molar-refractivity contribution is 7.80. The maximum Gasteiger partial charge on any atom is 0.169 e. The van der Waals surface area contributed by atoms with Crippen molar-refractivity contribution < 1.29 is 5.11 Å². The van der Waals surface area contributed by atoms with Crippen molar-refractivity contribution in [3.8, 4) is 5.75 Å². The van der Waals surface area contributed by atoms with Crippen molar-refractivity contribution >= 4 is 28.9 Å². The fourth-order valence-corrected chi connectivity index (χ4v) is 3.38. The Morgan fingerprint density at radius 1 is 1.17 bits per heavy atom. The molecule has 0 radical (unpaired) electrons. The highest BCUT2D eigenvalue weighted by Gasteiger charge is 2.16. The molecule has 1 aliphatic heterocycles. The maximum absolute atomic E-state index is 9.64. The largest absolute Gasteiger partial charge is 0.508 e. The first-order chi connectivity index (χ1) is 11.6. The van der Waals surface area contributed by atoms with Gasteiger partial charge in [-0.1, -0.05) is 29.8 Å². The average Bonchev–Trinajstić information content (AvgIpc) is 2.78. The van der Waals surface area contributed by atoms with Crippen LogP contribution in [0.1, 0.15) is 23.1 Å². The van der Waals surface area contributed by atoms with Crippen molar-refractivity contribution in [3.05, 3.63) is 64.2 Å². The lowest BCUT2D eigenvalue weighted by molar-refractivity contribution is 0.410. The molecule has 0 unspecified atom stereocenters. The Kier molecular flexibility index (Phi) is 5.59. The summed E-state index contributed by atoms with van der Waals surface area (Å²) in [6.45, 7) is 2.53. The molecule has 126 valence electrons. The summed E-state index contributed by atoms with van der Waals surface area (Å²) in [5.74, 6) is 0.339. The number of hydrogen-bond donors (Lipinski definition) is 2. The molecular formula is C19H21ClN2OS. The number of aromatic hydroxyl groups is 1. The van der Waals surface area contributed by atoms with E-state index in [1.807, 2.05) is 36.4 Å². The molecule has 0 atom stereocenters. The summed E-state index contributed by atoms with van der Waals surface area (Å²) in [6, 6.07) is 13.5. The molecule has 3 rings (SSSR count). The summed E-state index contributed by atoms with van der Waals surface area (Å²) < 4.78 is 0. The van der Waals surface area contributed by atoms with Gasteiger partial charge in [-0.15, -0.1) is 0 Å². The molecule has 0 amide bonds. The molecule has 0 saturated heterocycles. The van der Waals surface area contributed by atoms with Crippen LogP contribution < -0.4 is 5.32 Å². The van der Waals surface area contributed by atoms with Gasteiger partial charge in [-0.2, -0.15) is 0 Å². The fraction of sp³-hybridized carbons (Fsp3) is 0.316. The van der Waals surface area contributed by atoms with Crippen molar-refractivity contribution in [2.45, 2.75) is 25.8 Å². The predicted octanol–water partition coefficient (Wildman–Crippen LogP) is 3.91. The monoisotopic (exact) mass is 360 g/mol. The number of thiocarbonyl (C=S) groups is 1. The molecule has 1 heterocycles. The minimum absolute atomic E-state index is 0.339. The molecule has 24 heavy (non-hydrogen) atoms. The summed E-state index contributed by atoms with van der Waals surface area (Å²) in [5, 5.41) is 14.6. The molecule has 0 bridgehead atoms. The number of halogens is 1. The molecule has 0 saturated carbocycles. The number of nitrogens with one attached hydrogen (secondary N) is 1. The van der Waals surface area contributed by atoms with Crippen LogP contribution in [0.4, 0.5) is 0 Å². The number of nitrogens with zero attached hydrogens (tertiary/aromatic N) is 1. The van der Waals surface area contributed by atoms with Crippen LogP contribution in [0, 0.1) is 0 Å². The van der Waals surface area contributed by atoms with Crippen LogP contribution in [0.15, 0.2) is 42.5 Å². The predicted molar refractivity (Wildman–Crippen MR) is 103 cm³/mol. The van der Waals surface area contributed by atoms with Gasteiger partial charge in [0, 0.05) is 24.7 Å². The molecule has 0 aromatic heterocycles. The van der Waals surface area contributed by atoms with E-state index in [9.17, 15) is 5.11 Å². The van der Waals surface area contributed by atoms with Gasteiger partial charge in [0.25, 0.3) is 0 Å². The van der Waals surface area contributed by atoms with E-state index in [4.69, 9.17) is 23.8 Å². The van der Waals surface area contributed by atoms with E-state index in [1.54, 1.807) is 6.07 Å². The molecule has 0 spiro atoms. The van der Waals surface area contributed by atoms with Gasteiger partial charge in [0.1, 0.15) is 5.75 Å². The topological polar surface area (TPSA) is 35.5 Å². The molecule has 2 aromatic rings. The quantitative estimate of drug-likeness (QED) is 0.813. The van der Waals surface area contributed by atoms with Crippen molar-refractivity contribution in [1.29, 1.82) is 0 Å². The molecule has 2 aromatic carbocycles. The van der Waals surface area contributed by atoms with E-state index in [2.05, 4.69) is 10.2 Å². The molecule has 2 N–H and O–H groups in total. The van der Waals surface area contributed by atoms with Gasteiger partial charge in [0.15, 0.2) is 5.11 Å². The van der Waals surface area contributed by atoms with Crippen molar-refractivity contribution in [3.63, 3.8) is 0 Å². The Labute approximate surface area is 153 Å². The Hall–Kier alpha value is -1.78. The van der Waals surface area contributed by atoms with Gasteiger partial charge in [-0.25, -0.2) is 0 Å². The second kappa shape index (κ2) is 7.86. The van der Waals surface area contributed by atoms with E-state index >= 15 is 0 Å². The first-order valence-electron chi connectivity index (χ1n) is 8.20. The molecule has 0 fully saturated rings. The van der Waals surface area contributed by atoms with E-state index < -0.39 is 0 Å². The zero-order valence-electron chi connectivity index (χ0n) is 13.5. The van der Waals surface area contributed by atoms with Crippen molar-refractivity contribution in [2.24, 2.45) is 0 Å². The van der Waals surface area contributed by atoms with Crippen LogP contribution in [-0.2, 0) is 19.4 Å². The fourth-order valence-electron chi connectivity index (χ4n) is 2.99. The van der Waals surface area contributed by atoms with Gasteiger partial charge in [0.2, 0.25) is 0 Å². The lowest BCUT2D eigenvalue weighted by Gasteiger charge is -2.24. The number of hydrogen-bond acceptors (Lipinski definition) is 2. The lowest BCUT2D eigenvalue weighted by Crippen LogP contribution is -2.40. The van der Waals surface area contributed by atoms with Crippen LogP contribution >= 0.6 is 23.8 Å². The smallest absolute Gasteiger partial charge is 0.169 e. The van der Waals surface area contributed by atoms with Crippen molar-refractivity contribution in [1.82, 2.24) is 10.2 Å². The third-order valence-electron chi connectivity index (χ3n) is 4.32.